The highest BCUT2D eigenvalue weighted by Gasteiger charge is 2.10. The van der Waals surface area contributed by atoms with Gasteiger partial charge in [0.25, 0.3) is 0 Å². The molecule has 0 aliphatic heterocycles. The lowest BCUT2D eigenvalue weighted by Gasteiger charge is -2.09. The van der Waals surface area contributed by atoms with E-state index in [1.807, 2.05) is 55.5 Å². The van der Waals surface area contributed by atoms with Gasteiger partial charge in [-0.1, -0.05) is 59.6 Å². The molecule has 0 radical (unpaired) electrons. The lowest BCUT2D eigenvalue weighted by atomic mass is 10.1. The SMILES string of the molecule is Cc1ccc(Cl)c2c(Cl)cc(-c3ccccc3)nc12. The molecule has 1 nitrogen and oxygen atoms in total. The number of rotatable bonds is 1. The Hall–Kier alpha value is -1.57. The molecule has 3 aromatic rings. The van der Waals surface area contributed by atoms with E-state index in [0.29, 0.717) is 10.0 Å². The van der Waals surface area contributed by atoms with Crippen LogP contribution in [-0.4, -0.2) is 4.98 Å². The lowest BCUT2D eigenvalue weighted by molar-refractivity contribution is 1.36. The third-order valence-electron chi connectivity index (χ3n) is 3.13. The fourth-order valence-electron chi connectivity index (χ4n) is 2.14. The third-order valence-corrected chi connectivity index (χ3v) is 3.75. The molecule has 0 saturated carbocycles. The Morgan fingerprint density at radius 2 is 1.63 bits per heavy atom. The standard InChI is InChI=1S/C16H11Cl2N/c1-10-7-8-12(17)15-13(18)9-14(19-16(10)15)11-5-3-2-4-6-11/h2-9H,1H3. The summed E-state index contributed by atoms with van der Waals surface area (Å²) in [6.07, 6.45) is 0. The van der Waals surface area contributed by atoms with Gasteiger partial charge >= 0.3 is 0 Å². The summed E-state index contributed by atoms with van der Waals surface area (Å²) in [7, 11) is 0. The highest BCUT2D eigenvalue weighted by molar-refractivity contribution is 6.42. The first-order valence-electron chi connectivity index (χ1n) is 5.97. The van der Waals surface area contributed by atoms with Gasteiger partial charge in [0.2, 0.25) is 0 Å². The van der Waals surface area contributed by atoms with E-state index >= 15 is 0 Å². The summed E-state index contributed by atoms with van der Waals surface area (Å²) >= 11 is 12.6. The van der Waals surface area contributed by atoms with Gasteiger partial charge in [-0.3, -0.25) is 0 Å². The summed E-state index contributed by atoms with van der Waals surface area (Å²) < 4.78 is 0. The van der Waals surface area contributed by atoms with E-state index in [0.717, 1.165) is 27.7 Å². The van der Waals surface area contributed by atoms with Crippen LogP contribution in [0.4, 0.5) is 0 Å². The second-order valence-corrected chi connectivity index (χ2v) is 5.26. The van der Waals surface area contributed by atoms with Crippen molar-refractivity contribution in [1.82, 2.24) is 4.98 Å². The van der Waals surface area contributed by atoms with E-state index in [1.165, 1.54) is 0 Å². The van der Waals surface area contributed by atoms with E-state index in [-0.39, 0.29) is 0 Å². The van der Waals surface area contributed by atoms with Crippen LogP contribution >= 0.6 is 23.2 Å². The molecule has 0 spiro atoms. The Morgan fingerprint density at radius 1 is 0.895 bits per heavy atom. The van der Waals surface area contributed by atoms with Gasteiger partial charge in [0.1, 0.15) is 0 Å². The van der Waals surface area contributed by atoms with E-state index in [2.05, 4.69) is 0 Å². The lowest BCUT2D eigenvalue weighted by Crippen LogP contribution is -1.90. The van der Waals surface area contributed by atoms with Crippen LogP contribution < -0.4 is 0 Å². The Morgan fingerprint density at radius 3 is 2.37 bits per heavy atom. The summed E-state index contributed by atoms with van der Waals surface area (Å²) in [5, 5.41) is 2.10. The van der Waals surface area contributed by atoms with Gasteiger partial charge in [0, 0.05) is 10.9 Å². The van der Waals surface area contributed by atoms with Crippen molar-refractivity contribution in [3.8, 4) is 11.3 Å². The number of halogens is 2. The van der Waals surface area contributed by atoms with Crippen molar-refractivity contribution < 1.29 is 0 Å². The minimum atomic E-state index is 0.637. The highest BCUT2D eigenvalue weighted by atomic mass is 35.5. The fourth-order valence-corrected chi connectivity index (χ4v) is 2.74. The number of nitrogens with zero attached hydrogens (tertiary/aromatic N) is 1. The number of benzene rings is 2. The maximum Gasteiger partial charge on any atom is 0.0768 e. The first kappa shape index (κ1) is 12.5. The zero-order valence-electron chi connectivity index (χ0n) is 10.3. The summed E-state index contributed by atoms with van der Waals surface area (Å²) in [6, 6.07) is 15.7. The molecule has 0 N–H and O–H groups in total. The predicted octanol–water partition coefficient (Wildman–Crippen LogP) is 5.52. The van der Waals surface area contributed by atoms with Crippen molar-refractivity contribution >= 4 is 34.1 Å². The van der Waals surface area contributed by atoms with Crippen LogP contribution in [-0.2, 0) is 0 Å². The molecule has 3 rings (SSSR count). The molecule has 1 aromatic heterocycles. The molecule has 0 amide bonds. The van der Waals surface area contributed by atoms with Crippen LogP contribution in [0.15, 0.2) is 48.5 Å². The number of fused-ring (bicyclic) bond motifs is 1. The zero-order valence-corrected chi connectivity index (χ0v) is 11.8. The number of pyridine rings is 1. The molecule has 0 fully saturated rings. The van der Waals surface area contributed by atoms with Crippen molar-refractivity contribution in [2.45, 2.75) is 6.92 Å². The van der Waals surface area contributed by atoms with E-state index in [4.69, 9.17) is 28.2 Å². The summed E-state index contributed by atoms with van der Waals surface area (Å²) in [6.45, 7) is 2.01. The molecule has 0 unspecified atom stereocenters. The number of aromatic nitrogens is 1. The molecule has 0 bridgehead atoms. The summed E-state index contributed by atoms with van der Waals surface area (Å²) in [5.41, 5.74) is 3.84. The fraction of sp³-hybridized carbons (Fsp3) is 0.0625. The maximum absolute atomic E-state index is 6.36. The monoisotopic (exact) mass is 287 g/mol. The van der Waals surface area contributed by atoms with E-state index < -0.39 is 0 Å². The first-order chi connectivity index (χ1) is 9.16. The zero-order chi connectivity index (χ0) is 13.4. The molecule has 19 heavy (non-hydrogen) atoms. The van der Waals surface area contributed by atoms with Crippen molar-refractivity contribution in [2.75, 3.05) is 0 Å². The molecule has 3 heteroatoms. The summed E-state index contributed by atoms with van der Waals surface area (Å²) in [4.78, 5) is 4.70. The molecule has 0 aliphatic carbocycles. The second-order valence-electron chi connectivity index (χ2n) is 4.44. The molecule has 0 aliphatic rings. The van der Waals surface area contributed by atoms with Crippen LogP contribution in [0.5, 0.6) is 0 Å². The van der Waals surface area contributed by atoms with Crippen molar-refractivity contribution in [1.29, 1.82) is 0 Å². The minimum absolute atomic E-state index is 0.637. The number of hydrogen-bond acceptors (Lipinski definition) is 1. The molecular weight excluding hydrogens is 277 g/mol. The quantitative estimate of drug-likeness (QED) is 0.574. The third kappa shape index (κ3) is 2.20. The smallest absolute Gasteiger partial charge is 0.0768 e. The van der Waals surface area contributed by atoms with Gasteiger partial charge in [0.15, 0.2) is 0 Å². The molecule has 0 saturated heterocycles. The van der Waals surface area contributed by atoms with Gasteiger partial charge in [-0.2, -0.15) is 0 Å². The highest BCUT2D eigenvalue weighted by Crippen LogP contribution is 2.34. The molecule has 2 aromatic carbocycles. The molecular formula is C16H11Cl2N. The topological polar surface area (TPSA) is 12.9 Å². The van der Waals surface area contributed by atoms with Crippen LogP contribution in [0.2, 0.25) is 10.0 Å². The summed E-state index contributed by atoms with van der Waals surface area (Å²) in [5.74, 6) is 0. The van der Waals surface area contributed by atoms with Crippen LogP contribution in [0.3, 0.4) is 0 Å². The number of hydrogen-bond donors (Lipinski definition) is 0. The van der Waals surface area contributed by atoms with Gasteiger partial charge in [-0.25, -0.2) is 4.98 Å². The molecule has 94 valence electrons. The average Bonchev–Trinajstić information content (AvgIpc) is 2.43. The average molecular weight is 288 g/mol. The maximum atomic E-state index is 6.36. The van der Waals surface area contributed by atoms with Crippen LogP contribution in [0.25, 0.3) is 22.2 Å². The van der Waals surface area contributed by atoms with Gasteiger partial charge < -0.3 is 0 Å². The van der Waals surface area contributed by atoms with Gasteiger partial charge in [0.05, 0.1) is 21.3 Å². The van der Waals surface area contributed by atoms with Crippen molar-refractivity contribution in [2.24, 2.45) is 0 Å². The molecule has 1 heterocycles. The first-order valence-corrected chi connectivity index (χ1v) is 6.73. The normalized spacial score (nSPS) is 10.9. The predicted molar refractivity (Wildman–Crippen MR) is 81.9 cm³/mol. The Kier molecular flexibility index (Phi) is 3.17. The van der Waals surface area contributed by atoms with Crippen molar-refractivity contribution in [3.63, 3.8) is 0 Å². The van der Waals surface area contributed by atoms with Gasteiger partial charge in [-0.05, 0) is 24.6 Å². The number of aryl methyl sites for hydroxylation is 1. The minimum Gasteiger partial charge on any atom is -0.247 e. The Labute approximate surface area is 121 Å². The largest absolute Gasteiger partial charge is 0.247 e. The van der Waals surface area contributed by atoms with Gasteiger partial charge in [-0.15, -0.1) is 0 Å². The van der Waals surface area contributed by atoms with Crippen LogP contribution in [0, 0.1) is 6.92 Å². The van der Waals surface area contributed by atoms with E-state index in [9.17, 15) is 0 Å². The Balaban J connectivity index is 2.34. The molecule has 0 atom stereocenters. The Bertz CT molecular complexity index is 752. The second kappa shape index (κ2) is 4.84. The van der Waals surface area contributed by atoms with Crippen molar-refractivity contribution in [3.05, 3.63) is 64.1 Å². The van der Waals surface area contributed by atoms with E-state index in [1.54, 1.807) is 0 Å². The van der Waals surface area contributed by atoms with Crippen LogP contribution in [0.1, 0.15) is 5.56 Å².